The molecule has 0 N–H and O–H groups in total. The van der Waals surface area contributed by atoms with Gasteiger partial charge < -0.3 is 14.4 Å². The highest BCUT2D eigenvalue weighted by molar-refractivity contribution is 7.98. The van der Waals surface area contributed by atoms with Crippen LogP contribution in [-0.2, 0) is 4.74 Å². The highest BCUT2D eigenvalue weighted by Gasteiger charge is 2.57. The summed E-state index contributed by atoms with van der Waals surface area (Å²) in [5.41, 5.74) is -1.29. The standard InChI is InChI=1S/C22H27ClFN5O3S/c1-21(2,3)32-20(30)29-10-7-8-11(29)15-22(4,5)31-18-12-14(13(24)16(23)26-18)25-19(33-6)27-17(12)28(15)9-10/h10-11,15H,7-9H2,1-6H3. The van der Waals surface area contributed by atoms with Crippen LogP contribution in [0.4, 0.5) is 15.0 Å². The van der Waals surface area contributed by atoms with Gasteiger partial charge in [0.15, 0.2) is 16.1 Å². The first kappa shape index (κ1) is 22.7. The Balaban J connectivity index is 1.68. The third-order valence-electron chi connectivity index (χ3n) is 6.46. The van der Waals surface area contributed by atoms with E-state index in [4.69, 9.17) is 26.1 Å². The lowest BCUT2D eigenvalue weighted by Gasteiger charge is -2.51. The molecule has 2 aromatic rings. The summed E-state index contributed by atoms with van der Waals surface area (Å²) in [6.07, 6.45) is 3.17. The van der Waals surface area contributed by atoms with Crippen LogP contribution in [0.1, 0.15) is 47.5 Å². The SMILES string of the molecule is CSc1nc2c3c(nc(Cl)c(F)c3n1)OC(C)(C)C1C3CCC(CN21)N3C(=O)OC(C)(C)C. The third kappa shape index (κ3) is 3.56. The van der Waals surface area contributed by atoms with E-state index in [1.165, 1.54) is 11.8 Å². The number of pyridine rings is 1. The van der Waals surface area contributed by atoms with Crippen molar-refractivity contribution < 1.29 is 18.7 Å². The maximum absolute atomic E-state index is 15.0. The highest BCUT2D eigenvalue weighted by atomic mass is 35.5. The van der Waals surface area contributed by atoms with E-state index in [9.17, 15) is 4.79 Å². The minimum atomic E-state index is -0.790. The van der Waals surface area contributed by atoms with Gasteiger partial charge in [0, 0.05) is 6.54 Å². The molecule has 3 atom stereocenters. The number of ether oxygens (including phenoxy) is 2. The minimum absolute atomic E-state index is 0.0497. The average molecular weight is 496 g/mol. The number of aromatic nitrogens is 3. The fraction of sp³-hybridized carbons (Fsp3) is 0.636. The summed E-state index contributed by atoms with van der Waals surface area (Å²) in [7, 11) is 0. The van der Waals surface area contributed by atoms with E-state index in [-0.39, 0.29) is 40.8 Å². The van der Waals surface area contributed by atoms with Crippen molar-refractivity contribution in [3.8, 4) is 5.88 Å². The van der Waals surface area contributed by atoms with Crippen LogP contribution in [0.25, 0.3) is 10.9 Å². The van der Waals surface area contributed by atoms with Crippen molar-refractivity contribution >= 4 is 46.2 Å². The first-order valence-electron chi connectivity index (χ1n) is 11.0. The number of hydrogen-bond donors (Lipinski definition) is 0. The van der Waals surface area contributed by atoms with Gasteiger partial charge in [0.2, 0.25) is 5.88 Å². The molecule has 3 aliphatic rings. The number of rotatable bonds is 1. The fourth-order valence-electron chi connectivity index (χ4n) is 5.36. The molecule has 1 amide bonds. The number of hydrogen-bond acceptors (Lipinski definition) is 8. The molecular formula is C22H27ClFN5O3S. The summed E-state index contributed by atoms with van der Waals surface area (Å²) in [5, 5.41) is 0.558. The first-order valence-corrected chi connectivity index (χ1v) is 12.6. The Bertz CT molecular complexity index is 1160. The second-order valence-electron chi connectivity index (χ2n) is 10.3. The van der Waals surface area contributed by atoms with Crippen LogP contribution in [0.2, 0.25) is 5.15 Å². The van der Waals surface area contributed by atoms with E-state index in [0.717, 1.165) is 12.8 Å². The summed E-state index contributed by atoms with van der Waals surface area (Å²) >= 11 is 7.44. The van der Waals surface area contributed by atoms with E-state index in [1.54, 1.807) is 0 Å². The van der Waals surface area contributed by atoms with Crippen molar-refractivity contribution in [3.63, 3.8) is 0 Å². The number of carbonyl (C=O) groups is 1. The average Bonchev–Trinajstić information content (AvgIpc) is 2.97. The van der Waals surface area contributed by atoms with E-state index < -0.39 is 17.0 Å². The molecule has 2 aromatic heterocycles. The number of thioether (sulfide) groups is 1. The molecule has 3 unspecified atom stereocenters. The van der Waals surface area contributed by atoms with E-state index >= 15 is 4.39 Å². The van der Waals surface area contributed by atoms with Gasteiger partial charge in [-0.05, 0) is 53.7 Å². The summed E-state index contributed by atoms with van der Waals surface area (Å²) in [5.74, 6) is 0.0847. The van der Waals surface area contributed by atoms with Crippen LogP contribution in [0.5, 0.6) is 5.88 Å². The predicted molar refractivity (Wildman–Crippen MR) is 125 cm³/mol. The van der Waals surface area contributed by atoms with Gasteiger partial charge in [0.05, 0.1) is 18.1 Å². The smallest absolute Gasteiger partial charge is 0.410 e. The summed E-state index contributed by atoms with van der Waals surface area (Å²) in [6.45, 7) is 10.0. The molecule has 0 aliphatic carbocycles. The maximum atomic E-state index is 15.0. The lowest BCUT2D eigenvalue weighted by molar-refractivity contribution is -0.0141. The van der Waals surface area contributed by atoms with E-state index in [1.807, 2.05) is 45.8 Å². The normalized spacial score (nSPS) is 25.5. The monoisotopic (exact) mass is 495 g/mol. The molecule has 2 bridgehead atoms. The summed E-state index contributed by atoms with van der Waals surface area (Å²) in [6, 6.07) is -0.468. The number of fused-ring (bicyclic) bond motifs is 5. The van der Waals surface area contributed by atoms with Crippen LogP contribution in [0.3, 0.4) is 0 Å². The molecule has 5 heterocycles. The van der Waals surface area contributed by atoms with Crippen LogP contribution < -0.4 is 9.64 Å². The Hall–Kier alpha value is -2.07. The maximum Gasteiger partial charge on any atom is 0.410 e. The highest BCUT2D eigenvalue weighted by Crippen LogP contribution is 2.48. The van der Waals surface area contributed by atoms with Crippen LogP contribution in [0, 0.1) is 5.82 Å². The van der Waals surface area contributed by atoms with Gasteiger partial charge in [-0.25, -0.2) is 19.2 Å². The zero-order valence-corrected chi connectivity index (χ0v) is 21.1. The number of halogens is 2. The predicted octanol–water partition coefficient (Wildman–Crippen LogP) is 4.67. The second-order valence-corrected chi connectivity index (χ2v) is 11.4. The van der Waals surface area contributed by atoms with Crippen molar-refractivity contribution in [3.05, 3.63) is 11.0 Å². The van der Waals surface area contributed by atoms with Gasteiger partial charge in [0.25, 0.3) is 0 Å². The molecule has 11 heteroatoms. The number of carbonyl (C=O) groups excluding carboxylic acids is 1. The number of piperazine rings is 1. The summed E-state index contributed by atoms with van der Waals surface area (Å²) < 4.78 is 27.2. The number of nitrogens with zero attached hydrogens (tertiary/aromatic N) is 5. The van der Waals surface area contributed by atoms with Gasteiger partial charge in [-0.15, -0.1) is 0 Å². The molecule has 0 aromatic carbocycles. The van der Waals surface area contributed by atoms with Crippen molar-refractivity contribution in [1.29, 1.82) is 0 Å². The van der Waals surface area contributed by atoms with Crippen LogP contribution >= 0.6 is 23.4 Å². The quantitative estimate of drug-likeness (QED) is 0.321. The number of amides is 1. The van der Waals surface area contributed by atoms with Gasteiger partial charge >= 0.3 is 6.09 Å². The van der Waals surface area contributed by atoms with Gasteiger partial charge in [-0.1, -0.05) is 23.4 Å². The molecule has 0 saturated carbocycles. The van der Waals surface area contributed by atoms with Crippen molar-refractivity contribution in [2.45, 2.75) is 81.9 Å². The zero-order valence-electron chi connectivity index (χ0n) is 19.5. The molecule has 5 rings (SSSR count). The van der Waals surface area contributed by atoms with E-state index in [0.29, 0.717) is 22.9 Å². The van der Waals surface area contributed by atoms with Gasteiger partial charge in [0.1, 0.15) is 27.9 Å². The van der Waals surface area contributed by atoms with Gasteiger partial charge in [-0.3, -0.25) is 4.90 Å². The molecular weight excluding hydrogens is 469 g/mol. The van der Waals surface area contributed by atoms with Crippen LogP contribution in [0.15, 0.2) is 5.16 Å². The zero-order chi connectivity index (χ0) is 23.9. The second kappa shape index (κ2) is 7.46. The topological polar surface area (TPSA) is 80.7 Å². The molecule has 33 heavy (non-hydrogen) atoms. The Labute approximate surface area is 201 Å². The third-order valence-corrected chi connectivity index (χ3v) is 7.26. The molecule has 3 aliphatic heterocycles. The van der Waals surface area contributed by atoms with Crippen LogP contribution in [-0.4, -0.2) is 68.1 Å². The minimum Gasteiger partial charge on any atom is -0.469 e. The molecule has 2 saturated heterocycles. The Morgan fingerprint density at radius 1 is 1.27 bits per heavy atom. The van der Waals surface area contributed by atoms with Gasteiger partial charge in [-0.2, -0.15) is 4.98 Å². The molecule has 8 nitrogen and oxygen atoms in total. The molecule has 2 fully saturated rings. The van der Waals surface area contributed by atoms with Crippen molar-refractivity contribution in [2.75, 3.05) is 17.7 Å². The van der Waals surface area contributed by atoms with E-state index in [2.05, 4.69) is 14.9 Å². The molecule has 0 spiro atoms. The van der Waals surface area contributed by atoms with Crippen molar-refractivity contribution in [2.24, 2.45) is 0 Å². The van der Waals surface area contributed by atoms with Crippen molar-refractivity contribution in [1.82, 2.24) is 19.9 Å². The Morgan fingerprint density at radius 3 is 2.67 bits per heavy atom. The number of anilines is 1. The molecule has 0 radical (unpaired) electrons. The molecule has 178 valence electrons. The fourth-order valence-corrected chi connectivity index (χ4v) is 5.89. The first-order chi connectivity index (χ1) is 15.4. The summed E-state index contributed by atoms with van der Waals surface area (Å²) in [4.78, 5) is 30.6. The Morgan fingerprint density at radius 2 is 2.00 bits per heavy atom. The largest absolute Gasteiger partial charge is 0.469 e. The Kier molecular flexibility index (Phi) is 5.14. The lowest BCUT2D eigenvalue weighted by atomic mass is 9.88. The lowest BCUT2D eigenvalue weighted by Crippen LogP contribution is -2.68.